The van der Waals surface area contributed by atoms with Crippen LogP contribution in [0.5, 0.6) is 0 Å². The van der Waals surface area contributed by atoms with Gasteiger partial charge in [-0.05, 0) is 106 Å². The van der Waals surface area contributed by atoms with E-state index < -0.39 is 46.4 Å². The second-order valence-corrected chi connectivity index (χ2v) is 13.3. The molecule has 0 spiro atoms. The molecule has 1 aromatic rings. The van der Waals surface area contributed by atoms with Gasteiger partial charge < -0.3 is 25.4 Å². The van der Waals surface area contributed by atoms with E-state index in [2.05, 4.69) is 10.3 Å². The van der Waals surface area contributed by atoms with E-state index in [1.165, 1.54) is 0 Å². The number of allylic oxidation sites excluding steroid dienone is 3. The summed E-state index contributed by atoms with van der Waals surface area (Å²) in [4.78, 5) is 61.7. The molecule has 4 aliphatic rings. The molecule has 6 N–H and O–H groups in total. The van der Waals surface area contributed by atoms with E-state index >= 15 is 0 Å². The van der Waals surface area contributed by atoms with E-state index in [4.69, 9.17) is 9.98 Å². The SMILES string of the molecule is CC1=C(CCC(=O)O)C2(CCC(=O)O)N=C1/C=c1/cc/c([nH]1)=C/C1=NC(=C\C3(C)NC(CCC(=O)O)(C(C)=C3CCC(=O)O)C2C)/C=C1.[Fe+2]. The average molecular weight is 715 g/mol. The van der Waals surface area contributed by atoms with Crippen LogP contribution < -0.4 is 16.0 Å². The van der Waals surface area contributed by atoms with Crippen molar-refractivity contribution in [3.8, 4) is 0 Å². The number of aromatic nitrogens is 1. The first-order valence-corrected chi connectivity index (χ1v) is 16.1. The van der Waals surface area contributed by atoms with E-state index in [9.17, 15) is 39.6 Å². The van der Waals surface area contributed by atoms with Gasteiger partial charge in [-0.2, -0.15) is 0 Å². The summed E-state index contributed by atoms with van der Waals surface area (Å²) in [6.07, 6.45) is 9.01. The molecule has 4 unspecified atom stereocenters. The van der Waals surface area contributed by atoms with Crippen LogP contribution in [-0.2, 0) is 36.2 Å². The number of carboxylic acid groups (broad SMARTS) is 4. The summed E-state index contributed by atoms with van der Waals surface area (Å²) in [5, 5.41) is 44.7. The summed E-state index contributed by atoms with van der Waals surface area (Å²) in [6, 6.07) is 3.80. The van der Waals surface area contributed by atoms with Gasteiger partial charge in [0.2, 0.25) is 0 Å². The van der Waals surface area contributed by atoms with E-state index in [1.54, 1.807) is 0 Å². The molecular weight excluding hydrogens is 672 g/mol. The first kappa shape index (κ1) is 37.5. The molecule has 1 aromatic heterocycles. The first-order valence-electron chi connectivity index (χ1n) is 16.1. The normalized spacial score (nSPS) is 29.6. The van der Waals surface area contributed by atoms with Crippen LogP contribution in [0.3, 0.4) is 0 Å². The van der Waals surface area contributed by atoms with Gasteiger partial charge in [0, 0.05) is 47.8 Å². The Kier molecular flexibility index (Phi) is 10.9. The molecule has 260 valence electrons. The molecular formula is C36H42FeN4O8+2. The van der Waals surface area contributed by atoms with Crippen molar-refractivity contribution in [2.24, 2.45) is 15.9 Å². The van der Waals surface area contributed by atoms with E-state index in [0.717, 1.165) is 27.4 Å². The van der Waals surface area contributed by atoms with Gasteiger partial charge in [0.25, 0.3) is 0 Å². The first-order chi connectivity index (χ1) is 22.6. The number of aliphatic carboxylic acids is 4. The Hall–Kier alpha value is -4.32. The molecule has 0 saturated carbocycles. The minimum absolute atomic E-state index is 0. The minimum Gasteiger partial charge on any atom is -0.481 e. The molecule has 8 bridgehead atoms. The molecule has 0 radical (unpaired) electrons. The number of carbonyl (C=O) groups is 4. The van der Waals surface area contributed by atoms with E-state index in [1.807, 2.05) is 70.2 Å². The summed E-state index contributed by atoms with van der Waals surface area (Å²) >= 11 is 0. The van der Waals surface area contributed by atoms with Crippen LogP contribution in [0.1, 0.15) is 79.1 Å². The summed E-state index contributed by atoms with van der Waals surface area (Å²) < 4.78 is 0. The maximum absolute atomic E-state index is 12.2. The Balaban J connectivity index is 0.00000541. The molecule has 4 aliphatic heterocycles. The Morgan fingerprint density at radius 1 is 0.816 bits per heavy atom. The van der Waals surface area contributed by atoms with Gasteiger partial charge in [-0.3, -0.25) is 29.5 Å². The van der Waals surface area contributed by atoms with Crippen LogP contribution in [0.25, 0.3) is 12.2 Å². The van der Waals surface area contributed by atoms with Crippen LogP contribution in [0.15, 0.2) is 68.3 Å². The topological polar surface area (TPSA) is 202 Å². The number of hydrogen-bond donors (Lipinski definition) is 6. The predicted molar refractivity (Wildman–Crippen MR) is 180 cm³/mol. The van der Waals surface area contributed by atoms with Gasteiger partial charge >= 0.3 is 40.9 Å². The van der Waals surface area contributed by atoms with Crippen LogP contribution in [0.2, 0.25) is 0 Å². The molecule has 49 heavy (non-hydrogen) atoms. The summed E-state index contributed by atoms with van der Waals surface area (Å²) in [5.41, 5.74) is 1.61. The van der Waals surface area contributed by atoms with Crippen molar-refractivity contribution in [2.45, 2.75) is 95.7 Å². The zero-order valence-corrected chi connectivity index (χ0v) is 29.0. The van der Waals surface area contributed by atoms with E-state index in [0.29, 0.717) is 22.7 Å². The number of nitrogens with zero attached hydrogens (tertiary/aromatic N) is 2. The fourth-order valence-corrected chi connectivity index (χ4v) is 8.16. The van der Waals surface area contributed by atoms with Crippen LogP contribution in [0.4, 0.5) is 0 Å². The van der Waals surface area contributed by atoms with Gasteiger partial charge in [-0.25, -0.2) is 4.99 Å². The molecule has 5 rings (SSSR count). The molecule has 13 heteroatoms. The molecule has 5 heterocycles. The number of fused-ring (bicyclic) bond motifs is 6. The molecule has 0 aliphatic carbocycles. The average Bonchev–Trinajstić information content (AvgIpc) is 3.74. The maximum atomic E-state index is 12.2. The number of nitrogens with one attached hydrogen (secondary N) is 2. The van der Waals surface area contributed by atoms with Gasteiger partial charge in [0.05, 0.1) is 28.2 Å². The fraction of sp³-hybridized carbons (Fsp3) is 0.444. The summed E-state index contributed by atoms with van der Waals surface area (Å²) in [6.45, 7) is 7.60. The number of hydrogen-bond acceptors (Lipinski definition) is 7. The van der Waals surface area contributed by atoms with Gasteiger partial charge in [0.15, 0.2) is 0 Å². The minimum atomic E-state index is -1.23. The van der Waals surface area contributed by atoms with Crippen molar-refractivity contribution in [3.63, 3.8) is 0 Å². The molecule has 0 fully saturated rings. The number of aliphatic imine (C=N–C) groups is 2. The third-order valence-electron chi connectivity index (χ3n) is 10.4. The Bertz CT molecular complexity index is 1900. The van der Waals surface area contributed by atoms with Crippen molar-refractivity contribution in [2.75, 3.05) is 0 Å². The van der Waals surface area contributed by atoms with Crippen molar-refractivity contribution in [1.29, 1.82) is 0 Å². The number of H-pyrrole nitrogens is 1. The van der Waals surface area contributed by atoms with E-state index in [-0.39, 0.29) is 68.4 Å². The zero-order valence-electron chi connectivity index (χ0n) is 27.9. The van der Waals surface area contributed by atoms with Gasteiger partial charge in [-0.15, -0.1) is 0 Å². The van der Waals surface area contributed by atoms with Crippen LogP contribution in [-0.4, -0.2) is 77.3 Å². The Morgan fingerprint density at radius 2 is 1.39 bits per heavy atom. The van der Waals surface area contributed by atoms with Crippen molar-refractivity contribution in [1.82, 2.24) is 10.3 Å². The second kappa shape index (κ2) is 14.3. The second-order valence-electron chi connectivity index (χ2n) is 13.3. The quantitative estimate of drug-likeness (QED) is 0.138. The zero-order chi connectivity index (χ0) is 35.0. The molecule has 0 amide bonds. The predicted octanol–water partition coefficient (Wildman–Crippen LogP) is 3.50. The Morgan fingerprint density at radius 3 is 2.00 bits per heavy atom. The molecule has 0 aromatic carbocycles. The van der Waals surface area contributed by atoms with Crippen molar-refractivity contribution >= 4 is 47.5 Å². The number of carboxylic acids is 4. The van der Waals surface area contributed by atoms with Crippen molar-refractivity contribution < 1.29 is 56.7 Å². The van der Waals surface area contributed by atoms with Crippen molar-refractivity contribution in [3.05, 3.63) is 69.0 Å². The smallest absolute Gasteiger partial charge is 0.481 e. The molecule has 0 saturated heterocycles. The standard InChI is InChI=1S/C36H42N4O8.Fe/c1-20-27(9-11-30(41)42)36(16-14-33(47)48)22(3)35(15-13-32(45)46)21(2)28(10-12-31(43)44)34(4,40-35)19-26-8-7-24(38-26)17-23-5-6-25(37-23)18-29(20)39-36;/h5-8,17-19,22,37,40H,9-16H2,1-4H3,(H,41,42)(H,43,44)(H,45,46)(H,47,48);/q;+2/b23-17-,25-18-,26-19-;. The largest absolute Gasteiger partial charge is 2.00 e. The summed E-state index contributed by atoms with van der Waals surface area (Å²) in [5.74, 6) is -4.66. The Labute approximate surface area is 294 Å². The van der Waals surface area contributed by atoms with Crippen LogP contribution >= 0.6 is 0 Å². The van der Waals surface area contributed by atoms with Gasteiger partial charge in [-0.1, -0.05) is 12.5 Å². The third kappa shape index (κ3) is 7.34. The third-order valence-corrected chi connectivity index (χ3v) is 10.4. The van der Waals surface area contributed by atoms with Crippen LogP contribution in [0, 0.1) is 5.92 Å². The fourth-order valence-electron chi connectivity index (χ4n) is 8.16. The number of rotatable bonds is 12. The monoisotopic (exact) mass is 714 g/mol. The molecule has 4 atom stereocenters. The number of aromatic amines is 1. The molecule has 12 nitrogen and oxygen atoms in total. The van der Waals surface area contributed by atoms with Gasteiger partial charge in [0.1, 0.15) is 0 Å². The summed E-state index contributed by atoms with van der Waals surface area (Å²) in [7, 11) is 0. The maximum Gasteiger partial charge on any atom is 2.00 e.